The van der Waals surface area contributed by atoms with Gasteiger partial charge in [-0.1, -0.05) is 0 Å². The third kappa shape index (κ3) is 3.41. The molecule has 1 aromatic heterocycles. The maximum atomic E-state index is 4.02. The van der Waals surface area contributed by atoms with Crippen molar-refractivity contribution in [3.63, 3.8) is 0 Å². The monoisotopic (exact) mass is 228 g/mol. The summed E-state index contributed by atoms with van der Waals surface area (Å²) in [4.78, 5) is 10.5. The summed E-state index contributed by atoms with van der Waals surface area (Å²) in [6.45, 7) is 6.47. The van der Waals surface area contributed by atoms with Gasteiger partial charge in [0.1, 0.15) is 6.33 Å². The van der Waals surface area contributed by atoms with E-state index in [4.69, 9.17) is 0 Å². The minimum absolute atomic E-state index is 0. The van der Waals surface area contributed by atoms with Crippen LogP contribution in [0.15, 0.2) is 18.7 Å². The van der Waals surface area contributed by atoms with Crippen LogP contribution in [0.3, 0.4) is 0 Å². The minimum atomic E-state index is 0. The molecule has 1 unspecified atom stereocenters. The predicted octanol–water partition coefficient (Wildman–Crippen LogP) is 0.692. The number of nitrogens with one attached hydrogen (secondary N) is 1. The van der Waals surface area contributed by atoms with E-state index in [1.807, 2.05) is 12.4 Å². The number of rotatable bonds is 2. The van der Waals surface area contributed by atoms with Crippen molar-refractivity contribution in [2.75, 3.05) is 19.6 Å². The van der Waals surface area contributed by atoms with Crippen LogP contribution in [0.2, 0.25) is 0 Å². The van der Waals surface area contributed by atoms with E-state index in [1.165, 1.54) is 5.56 Å². The number of hydrogen-bond acceptors (Lipinski definition) is 4. The lowest BCUT2D eigenvalue weighted by Crippen LogP contribution is -2.49. The number of nitrogens with zero attached hydrogens (tertiary/aromatic N) is 3. The van der Waals surface area contributed by atoms with Gasteiger partial charge in [0.2, 0.25) is 0 Å². The van der Waals surface area contributed by atoms with E-state index < -0.39 is 0 Å². The average molecular weight is 229 g/mol. The number of piperazine rings is 1. The smallest absolute Gasteiger partial charge is 0.115 e. The summed E-state index contributed by atoms with van der Waals surface area (Å²) >= 11 is 0. The van der Waals surface area contributed by atoms with Crippen LogP contribution in [0.5, 0.6) is 0 Å². The van der Waals surface area contributed by atoms with Crippen LogP contribution in [0, 0.1) is 0 Å². The fourth-order valence-corrected chi connectivity index (χ4v) is 1.76. The molecule has 1 fully saturated rings. The maximum Gasteiger partial charge on any atom is 0.115 e. The van der Waals surface area contributed by atoms with E-state index >= 15 is 0 Å². The first-order valence-corrected chi connectivity index (χ1v) is 5.05. The zero-order valence-corrected chi connectivity index (χ0v) is 9.70. The van der Waals surface area contributed by atoms with Crippen LogP contribution in [0.25, 0.3) is 0 Å². The summed E-state index contributed by atoms with van der Waals surface area (Å²) in [6.07, 6.45) is 5.36. The lowest BCUT2D eigenvalue weighted by molar-refractivity contribution is 0.165. The summed E-state index contributed by atoms with van der Waals surface area (Å²) in [5.74, 6) is 0. The van der Waals surface area contributed by atoms with Gasteiger partial charge in [0.15, 0.2) is 0 Å². The summed E-state index contributed by atoms with van der Waals surface area (Å²) in [5.41, 5.74) is 1.20. The summed E-state index contributed by atoms with van der Waals surface area (Å²) in [6, 6.07) is 0.601. The molecular weight excluding hydrogens is 212 g/mol. The Morgan fingerprint density at radius 3 is 2.87 bits per heavy atom. The molecule has 15 heavy (non-hydrogen) atoms. The van der Waals surface area contributed by atoms with Crippen molar-refractivity contribution in [1.82, 2.24) is 20.2 Å². The van der Waals surface area contributed by atoms with Gasteiger partial charge in [-0.05, 0) is 6.92 Å². The summed E-state index contributed by atoms with van der Waals surface area (Å²) in [5, 5.41) is 3.38. The molecule has 1 atom stereocenters. The topological polar surface area (TPSA) is 41.0 Å². The highest BCUT2D eigenvalue weighted by atomic mass is 35.5. The molecule has 0 radical (unpaired) electrons. The molecule has 2 rings (SSSR count). The molecule has 0 saturated carbocycles. The van der Waals surface area contributed by atoms with E-state index in [2.05, 4.69) is 27.1 Å². The molecule has 4 nitrogen and oxygen atoms in total. The van der Waals surface area contributed by atoms with Gasteiger partial charge >= 0.3 is 0 Å². The molecule has 84 valence electrons. The summed E-state index contributed by atoms with van der Waals surface area (Å²) in [7, 11) is 0. The van der Waals surface area contributed by atoms with Crippen molar-refractivity contribution < 1.29 is 0 Å². The Bertz CT molecular complexity index is 280. The molecule has 1 aliphatic rings. The van der Waals surface area contributed by atoms with Crippen LogP contribution in [0.4, 0.5) is 0 Å². The normalized spacial score (nSPS) is 22.1. The Hall–Kier alpha value is -0.710. The second kappa shape index (κ2) is 6.00. The minimum Gasteiger partial charge on any atom is -0.314 e. The number of halogens is 1. The molecule has 5 heteroatoms. The SMILES string of the molecule is CC1CNCCN1Cc1cncnc1.Cl. The third-order valence-electron chi connectivity index (χ3n) is 2.64. The molecular formula is C10H17ClN4. The fourth-order valence-electron chi connectivity index (χ4n) is 1.76. The van der Waals surface area contributed by atoms with Gasteiger partial charge in [-0.25, -0.2) is 9.97 Å². The van der Waals surface area contributed by atoms with Crippen molar-refractivity contribution in [2.45, 2.75) is 19.5 Å². The van der Waals surface area contributed by atoms with E-state index in [9.17, 15) is 0 Å². The van der Waals surface area contributed by atoms with Crippen molar-refractivity contribution >= 4 is 12.4 Å². The second-order valence-corrected chi connectivity index (χ2v) is 3.77. The molecule has 2 heterocycles. The molecule has 1 saturated heterocycles. The quantitative estimate of drug-likeness (QED) is 0.809. The zero-order chi connectivity index (χ0) is 9.80. The van der Waals surface area contributed by atoms with Gasteiger partial charge in [-0.15, -0.1) is 12.4 Å². The Morgan fingerprint density at radius 2 is 2.20 bits per heavy atom. The van der Waals surface area contributed by atoms with E-state index in [0.717, 1.165) is 26.2 Å². The molecule has 0 spiro atoms. The highest BCUT2D eigenvalue weighted by Gasteiger charge is 2.17. The number of hydrogen-bond donors (Lipinski definition) is 1. The Labute approximate surface area is 96.5 Å². The van der Waals surface area contributed by atoms with E-state index in [1.54, 1.807) is 6.33 Å². The van der Waals surface area contributed by atoms with Gasteiger partial charge in [0, 0.05) is 50.2 Å². The van der Waals surface area contributed by atoms with Crippen molar-refractivity contribution in [1.29, 1.82) is 0 Å². The molecule has 0 aromatic carbocycles. The van der Waals surface area contributed by atoms with Gasteiger partial charge in [-0.2, -0.15) is 0 Å². The molecule has 0 amide bonds. The standard InChI is InChI=1S/C10H16N4.ClH/c1-9-4-11-2-3-14(9)7-10-5-12-8-13-6-10;/h5-6,8-9,11H,2-4,7H2,1H3;1H. The molecule has 0 aliphatic carbocycles. The van der Waals surface area contributed by atoms with Crippen molar-refractivity contribution in [2.24, 2.45) is 0 Å². The highest BCUT2D eigenvalue weighted by molar-refractivity contribution is 5.85. The lowest BCUT2D eigenvalue weighted by atomic mass is 10.2. The Kier molecular flexibility index (Phi) is 4.94. The number of aromatic nitrogens is 2. The molecule has 0 bridgehead atoms. The first kappa shape index (κ1) is 12.4. The largest absolute Gasteiger partial charge is 0.314 e. The van der Waals surface area contributed by atoms with Crippen LogP contribution in [-0.4, -0.2) is 40.5 Å². The van der Waals surface area contributed by atoms with Gasteiger partial charge in [-0.3, -0.25) is 4.90 Å². The van der Waals surface area contributed by atoms with Crippen LogP contribution in [-0.2, 0) is 6.54 Å². The third-order valence-corrected chi connectivity index (χ3v) is 2.64. The predicted molar refractivity (Wildman–Crippen MR) is 62.0 cm³/mol. The first-order chi connectivity index (χ1) is 6.86. The van der Waals surface area contributed by atoms with E-state index in [0.29, 0.717) is 6.04 Å². The average Bonchev–Trinajstić information content (AvgIpc) is 2.23. The van der Waals surface area contributed by atoms with E-state index in [-0.39, 0.29) is 12.4 Å². The molecule has 1 aromatic rings. The van der Waals surface area contributed by atoms with Gasteiger partial charge < -0.3 is 5.32 Å². The maximum absolute atomic E-state index is 4.02. The van der Waals surface area contributed by atoms with Gasteiger partial charge in [0.05, 0.1) is 0 Å². The van der Waals surface area contributed by atoms with Crippen LogP contribution < -0.4 is 5.32 Å². The zero-order valence-electron chi connectivity index (χ0n) is 8.89. The first-order valence-electron chi connectivity index (χ1n) is 5.05. The molecule has 1 aliphatic heterocycles. The second-order valence-electron chi connectivity index (χ2n) is 3.77. The Morgan fingerprint density at radius 1 is 1.47 bits per heavy atom. The van der Waals surface area contributed by atoms with Crippen LogP contribution >= 0.6 is 12.4 Å². The fraction of sp³-hybridized carbons (Fsp3) is 0.600. The highest BCUT2D eigenvalue weighted by Crippen LogP contribution is 2.07. The Balaban J connectivity index is 0.00000112. The van der Waals surface area contributed by atoms with Crippen LogP contribution in [0.1, 0.15) is 12.5 Å². The molecule has 1 N–H and O–H groups in total. The lowest BCUT2D eigenvalue weighted by Gasteiger charge is -2.33. The van der Waals surface area contributed by atoms with Crippen molar-refractivity contribution in [3.8, 4) is 0 Å². The van der Waals surface area contributed by atoms with Gasteiger partial charge in [0.25, 0.3) is 0 Å². The summed E-state index contributed by atoms with van der Waals surface area (Å²) < 4.78 is 0. The van der Waals surface area contributed by atoms with Crippen molar-refractivity contribution in [3.05, 3.63) is 24.3 Å².